The third-order valence-corrected chi connectivity index (χ3v) is 1.56. The van der Waals surface area contributed by atoms with Crippen molar-refractivity contribution < 1.29 is 54.9 Å². The number of carboxylic acid groups (broad SMARTS) is 4. The van der Waals surface area contributed by atoms with Gasteiger partial charge in [0, 0.05) is 27.7 Å². The van der Waals surface area contributed by atoms with Crippen LogP contribution in [0.15, 0.2) is 0 Å². The summed E-state index contributed by atoms with van der Waals surface area (Å²) >= 11 is 0. The number of hydrogen-bond donors (Lipinski definition) is 7. The summed E-state index contributed by atoms with van der Waals surface area (Å²) in [7, 11) is 0. The molecule has 1 atom stereocenters. The van der Waals surface area contributed by atoms with Crippen LogP contribution in [0.2, 0.25) is 0 Å². The Hall–Kier alpha value is -2.24. The van der Waals surface area contributed by atoms with Gasteiger partial charge in [0.15, 0.2) is 0 Å². The number of aliphatic carboxylic acids is 4. The summed E-state index contributed by atoms with van der Waals surface area (Å²) in [4.78, 5) is 36.0. The van der Waals surface area contributed by atoms with Crippen LogP contribution in [0.25, 0.3) is 0 Å². The Kier molecular flexibility index (Phi) is 21.2. The maximum absolute atomic E-state index is 9.00. The first-order chi connectivity index (χ1) is 10.6. The minimum atomic E-state index is -0.936. The highest BCUT2D eigenvalue weighted by molar-refractivity contribution is 5.63. The first-order valence-electron chi connectivity index (χ1n) is 6.41. The summed E-state index contributed by atoms with van der Waals surface area (Å²) in [6.45, 7) is 4.00. The molecule has 0 spiro atoms. The highest BCUT2D eigenvalue weighted by Gasteiger charge is 2.46. The molecule has 1 aliphatic rings. The molecule has 11 nitrogen and oxygen atoms in total. The molecule has 0 aromatic rings. The van der Waals surface area contributed by atoms with Crippen LogP contribution in [0.1, 0.15) is 40.5 Å². The monoisotopic (exact) mass is 358 g/mol. The standard InChI is InChI=1S/C5H10O3.4C2H4O2/c6-3-4(7)5(8)1-2-5;4*1-2(3)4/h4,6-8H,1-3H2;4*1H3,(H,3,4). The Bertz CT molecular complexity index is 310. The van der Waals surface area contributed by atoms with Gasteiger partial charge in [0.25, 0.3) is 23.9 Å². The minimum Gasteiger partial charge on any atom is -0.481 e. The number of carbonyl (C=O) groups is 4. The van der Waals surface area contributed by atoms with Crippen molar-refractivity contribution in [2.75, 3.05) is 6.61 Å². The van der Waals surface area contributed by atoms with E-state index in [-0.39, 0.29) is 6.61 Å². The van der Waals surface area contributed by atoms with E-state index in [1.54, 1.807) is 0 Å². The van der Waals surface area contributed by atoms with Gasteiger partial charge < -0.3 is 35.7 Å². The molecular formula is C13H26O11. The lowest BCUT2D eigenvalue weighted by molar-refractivity contribution is -0.135. The zero-order valence-electron chi connectivity index (χ0n) is 14.0. The van der Waals surface area contributed by atoms with Crippen molar-refractivity contribution >= 4 is 23.9 Å². The van der Waals surface area contributed by atoms with Gasteiger partial charge in [-0.2, -0.15) is 0 Å². The molecular weight excluding hydrogens is 332 g/mol. The van der Waals surface area contributed by atoms with Crippen molar-refractivity contribution in [3.8, 4) is 0 Å². The predicted octanol–water partition coefficient (Wildman–Crippen LogP) is -0.772. The van der Waals surface area contributed by atoms with Gasteiger partial charge in [0.1, 0.15) is 6.10 Å². The Labute approximate surface area is 138 Å². The average Bonchev–Trinajstić information content (AvgIpc) is 3.04. The fourth-order valence-corrected chi connectivity index (χ4v) is 0.631. The first-order valence-corrected chi connectivity index (χ1v) is 6.41. The molecule has 144 valence electrons. The zero-order chi connectivity index (χ0) is 20.5. The van der Waals surface area contributed by atoms with Crippen molar-refractivity contribution in [3.05, 3.63) is 0 Å². The molecule has 0 bridgehead atoms. The van der Waals surface area contributed by atoms with E-state index in [1.807, 2.05) is 0 Å². The van der Waals surface area contributed by atoms with Gasteiger partial charge in [0.2, 0.25) is 0 Å². The predicted molar refractivity (Wildman–Crippen MR) is 80.5 cm³/mol. The molecule has 0 saturated heterocycles. The number of rotatable bonds is 2. The van der Waals surface area contributed by atoms with Gasteiger partial charge in [-0.25, -0.2) is 0 Å². The summed E-state index contributed by atoms with van der Waals surface area (Å²) in [6, 6.07) is 0. The van der Waals surface area contributed by atoms with E-state index in [0.29, 0.717) is 12.8 Å². The molecule has 1 fully saturated rings. The number of aliphatic hydroxyl groups excluding tert-OH is 2. The fourth-order valence-electron chi connectivity index (χ4n) is 0.631. The molecule has 0 aliphatic heterocycles. The topological polar surface area (TPSA) is 210 Å². The molecule has 0 aromatic heterocycles. The van der Waals surface area contributed by atoms with Crippen LogP contribution in [-0.2, 0) is 19.2 Å². The number of carboxylic acids is 4. The highest BCUT2D eigenvalue weighted by atomic mass is 16.4. The normalized spacial score (nSPS) is 13.3. The average molecular weight is 358 g/mol. The summed E-state index contributed by atoms with van der Waals surface area (Å²) in [5.41, 5.74) is -0.936. The first kappa shape index (κ1) is 29.7. The number of hydrogen-bond acceptors (Lipinski definition) is 7. The maximum atomic E-state index is 9.00. The molecule has 1 unspecified atom stereocenters. The van der Waals surface area contributed by atoms with Crippen molar-refractivity contribution in [3.63, 3.8) is 0 Å². The van der Waals surface area contributed by atoms with Crippen LogP contribution in [-0.4, -0.2) is 77.9 Å². The van der Waals surface area contributed by atoms with Gasteiger partial charge >= 0.3 is 0 Å². The van der Waals surface area contributed by atoms with E-state index < -0.39 is 35.6 Å². The van der Waals surface area contributed by atoms with Crippen LogP contribution in [0.3, 0.4) is 0 Å². The molecule has 1 aliphatic carbocycles. The van der Waals surface area contributed by atoms with Crippen LogP contribution in [0, 0.1) is 0 Å². The number of aliphatic hydroxyl groups is 3. The zero-order valence-corrected chi connectivity index (χ0v) is 14.0. The third kappa shape index (κ3) is 60.1. The highest BCUT2D eigenvalue weighted by Crippen LogP contribution is 2.37. The lowest BCUT2D eigenvalue weighted by Gasteiger charge is -2.11. The van der Waals surface area contributed by atoms with Crippen LogP contribution >= 0.6 is 0 Å². The van der Waals surface area contributed by atoms with Gasteiger partial charge in [-0.15, -0.1) is 0 Å². The lowest BCUT2D eigenvalue weighted by atomic mass is 10.2. The Morgan fingerprint density at radius 3 is 1.00 bits per heavy atom. The lowest BCUT2D eigenvalue weighted by Crippen LogP contribution is -2.30. The SMILES string of the molecule is CC(=O)O.CC(=O)O.CC(=O)O.CC(=O)O.OCC(O)C1(O)CC1. The quantitative estimate of drug-likeness (QED) is 0.325. The Morgan fingerprint density at radius 2 is 0.958 bits per heavy atom. The van der Waals surface area contributed by atoms with Crippen molar-refractivity contribution in [1.82, 2.24) is 0 Å². The third-order valence-electron chi connectivity index (χ3n) is 1.56. The molecule has 1 rings (SSSR count). The largest absolute Gasteiger partial charge is 0.481 e. The summed E-state index contributed by atoms with van der Waals surface area (Å²) in [5.74, 6) is -3.33. The van der Waals surface area contributed by atoms with Crippen molar-refractivity contribution in [2.24, 2.45) is 0 Å². The fraction of sp³-hybridized carbons (Fsp3) is 0.692. The van der Waals surface area contributed by atoms with Gasteiger partial charge in [0.05, 0.1) is 12.2 Å². The van der Waals surface area contributed by atoms with E-state index in [4.69, 9.17) is 54.9 Å². The summed E-state index contributed by atoms with van der Waals surface area (Å²) in [6.07, 6.45) is 0.311. The smallest absolute Gasteiger partial charge is 0.300 e. The van der Waals surface area contributed by atoms with Gasteiger partial charge in [-0.1, -0.05) is 0 Å². The van der Waals surface area contributed by atoms with Crippen LogP contribution in [0.5, 0.6) is 0 Å². The second-order valence-electron chi connectivity index (χ2n) is 4.38. The molecule has 0 amide bonds. The van der Waals surface area contributed by atoms with E-state index in [0.717, 1.165) is 27.7 Å². The molecule has 1 saturated carbocycles. The summed E-state index contributed by atoms with van der Waals surface area (Å²) in [5, 5.41) is 55.7. The van der Waals surface area contributed by atoms with Crippen LogP contribution < -0.4 is 0 Å². The maximum Gasteiger partial charge on any atom is 0.300 e. The van der Waals surface area contributed by atoms with Crippen molar-refractivity contribution in [1.29, 1.82) is 0 Å². The molecule has 0 radical (unpaired) electrons. The molecule has 7 N–H and O–H groups in total. The van der Waals surface area contributed by atoms with Gasteiger partial charge in [-0.3, -0.25) is 19.2 Å². The molecule has 0 aromatic carbocycles. The van der Waals surface area contributed by atoms with Gasteiger partial charge in [-0.05, 0) is 12.8 Å². The van der Waals surface area contributed by atoms with E-state index in [2.05, 4.69) is 0 Å². The molecule has 24 heavy (non-hydrogen) atoms. The van der Waals surface area contributed by atoms with Crippen LogP contribution in [0.4, 0.5) is 0 Å². The van der Waals surface area contributed by atoms with E-state index in [9.17, 15) is 0 Å². The Morgan fingerprint density at radius 1 is 0.792 bits per heavy atom. The van der Waals surface area contributed by atoms with Crippen molar-refractivity contribution in [2.45, 2.75) is 52.2 Å². The second-order valence-corrected chi connectivity index (χ2v) is 4.38. The summed E-state index contributed by atoms with van der Waals surface area (Å²) < 4.78 is 0. The van der Waals surface area contributed by atoms with E-state index in [1.165, 1.54) is 0 Å². The molecule has 0 heterocycles. The second kappa shape index (κ2) is 17.1. The van der Waals surface area contributed by atoms with E-state index >= 15 is 0 Å². The molecule has 11 heteroatoms. The Balaban J connectivity index is -0.000000110. The minimum absolute atomic E-state index is 0.337.